The zero-order chi connectivity index (χ0) is 8.85. The van der Waals surface area contributed by atoms with Crippen molar-refractivity contribution in [1.82, 2.24) is 4.90 Å². The first-order chi connectivity index (χ1) is 5.02. The molecule has 0 saturated carbocycles. The summed E-state index contributed by atoms with van der Waals surface area (Å²) in [5.41, 5.74) is 1.48. The summed E-state index contributed by atoms with van der Waals surface area (Å²) in [6.07, 6.45) is 4.73. The van der Waals surface area contributed by atoms with E-state index in [-0.39, 0.29) is 0 Å². The summed E-state index contributed by atoms with van der Waals surface area (Å²) >= 11 is 0. The van der Waals surface area contributed by atoms with E-state index >= 15 is 0 Å². The molecule has 0 aromatic carbocycles. The van der Waals surface area contributed by atoms with E-state index in [1.165, 1.54) is 18.4 Å². The zero-order valence-electron chi connectivity index (χ0n) is 8.52. The minimum atomic E-state index is 0.820. The van der Waals surface area contributed by atoms with Gasteiger partial charge in [0.25, 0.3) is 0 Å². The number of nitrogens with zero attached hydrogens (tertiary/aromatic N) is 1. The predicted molar refractivity (Wildman–Crippen MR) is 51.5 cm³/mol. The van der Waals surface area contributed by atoms with Gasteiger partial charge in [0.15, 0.2) is 0 Å². The van der Waals surface area contributed by atoms with E-state index in [1.807, 2.05) is 0 Å². The predicted octanol–water partition coefficient (Wildman–Crippen LogP) is 2.89. The van der Waals surface area contributed by atoms with Gasteiger partial charge in [-0.05, 0) is 31.9 Å². The van der Waals surface area contributed by atoms with Crippen molar-refractivity contribution in [2.24, 2.45) is 5.92 Å². The summed E-state index contributed by atoms with van der Waals surface area (Å²) in [5.74, 6) is 0.820. The topological polar surface area (TPSA) is 3.24 Å². The number of rotatable bonds is 4. The standard InChI is InChI=1S/C10H21N/c1-9(2)6-7-10(3)8-11(4)5/h8-9H,6-7H2,1-5H3. The van der Waals surface area contributed by atoms with Crippen LogP contribution in [0.15, 0.2) is 11.8 Å². The largest absolute Gasteiger partial charge is 0.384 e. The van der Waals surface area contributed by atoms with Crippen LogP contribution in [0, 0.1) is 5.92 Å². The number of hydrogen-bond donors (Lipinski definition) is 0. The van der Waals surface area contributed by atoms with Crippen LogP contribution in [0.5, 0.6) is 0 Å². The Morgan fingerprint density at radius 3 is 2.27 bits per heavy atom. The van der Waals surface area contributed by atoms with Crippen LogP contribution in [0.1, 0.15) is 33.6 Å². The average Bonchev–Trinajstić information content (AvgIpc) is 1.82. The highest BCUT2D eigenvalue weighted by molar-refractivity contribution is 4.96. The van der Waals surface area contributed by atoms with Gasteiger partial charge < -0.3 is 4.90 Å². The van der Waals surface area contributed by atoms with Gasteiger partial charge in [0, 0.05) is 14.1 Å². The van der Waals surface area contributed by atoms with Gasteiger partial charge in [-0.3, -0.25) is 0 Å². The lowest BCUT2D eigenvalue weighted by Gasteiger charge is -2.09. The number of hydrogen-bond acceptors (Lipinski definition) is 1. The molecule has 0 unspecified atom stereocenters. The Bertz CT molecular complexity index is 123. The maximum atomic E-state index is 2.27. The Balaban J connectivity index is 3.59. The molecule has 1 nitrogen and oxygen atoms in total. The van der Waals surface area contributed by atoms with Gasteiger partial charge in [-0.2, -0.15) is 0 Å². The van der Waals surface area contributed by atoms with Crippen LogP contribution in [0.4, 0.5) is 0 Å². The lowest BCUT2D eigenvalue weighted by Crippen LogP contribution is -2.02. The molecule has 0 atom stereocenters. The van der Waals surface area contributed by atoms with Gasteiger partial charge in [-0.1, -0.05) is 19.4 Å². The van der Waals surface area contributed by atoms with Crippen molar-refractivity contribution in [3.05, 3.63) is 11.8 Å². The van der Waals surface area contributed by atoms with E-state index in [0.29, 0.717) is 0 Å². The van der Waals surface area contributed by atoms with Gasteiger partial charge in [0.05, 0.1) is 0 Å². The van der Waals surface area contributed by atoms with Crippen LogP contribution in [0.2, 0.25) is 0 Å². The van der Waals surface area contributed by atoms with Crippen molar-refractivity contribution >= 4 is 0 Å². The van der Waals surface area contributed by atoms with E-state index in [1.54, 1.807) is 0 Å². The molecule has 0 fully saturated rings. The van der Waals surface area contributed by atoms with Gasteiger partial charge in [-0.15, -0.1) is 0 Å². The second kappa shape index (κ2) is 5.22. The molecule has 0 heterocycles. The Morgan fingerprint density at radius 2 is 1.91 bits per heavy atom. The molecule has 0 aromatic heterocycles. The molecular weight excluding hydrogens is 134 g/mol. The van der Waals surface area contributed by atoms with Crippen molar-refractivity contribution in [3.63, 3.8) is 0 Å². The average molecular weight is 155 g/mol. The highest BCUT2D eigenvalue weighted by Crippen LogP contribution is 2.10. The molecule has 0 aliphatic rings. The fraction of sp³-hybridized carbons (Fsp3) is 0.800. The Labute approximate surface area is 71.1 Å². The summed E-state index contributed by atoms with van der Waals surface area (Å²) in [7, 11) is 4.14. The molecule has 0 spiro atoms. The second-order valence-corrected chi connectivity index (χ2v) is 3.87. The smallest absolute Gasteiger partial charge is 0.00556 e. The van der Waals surface area contributed by atoms with Crippen molar-refractivity contribution in [2.75, 3.05) is 14.1 Å². The second-order valence-electron chi connectivity index (χ2n) is 3.87. The molecule has 0 bridgehead atoms. The summed E-state index contributed by atoms with van der Waals surface area (Å²) in [6, 6.07) is 0. The third kappa shape index (κ3) is 7.44. The highest BCUT2D eigenvalue weighted by Gasteiger charge is 1.94. The summed E-state index contributed by atoms with van der Waals surface area (Å²) in [5, 5.41) is 0. The lowest BCUT2D eigenvalue weighted by atomic mass is 10.0. The molecule has 0 N–H and O–H groups in total. The zero-order valence-corrected chi connectivity index (χ0v) is 8.52. The summed E-state index contributed by atoms with van der Waals surface area (Å²) in [6.45, 7) is 6.73. The van der Waals surface area contributed by atoms with Crippen molar-refractivity contribution in [1.29, 1.82) is 0 Å². The van der Waals surface area contributed by atoms with Crippen molar-refractivity contribution in [2.45, 2.75) is 33.6 Å². The van der Waals surface area contributed by atoms with E-state index in [4.69, 9.17) is 0 Å². The van der Waals surface area contributed by atoms with Crippen LogP contribution in [0.25, 0.3) is 0 Å². The van der Waals surface area contributed by atoms with Crippen LogP contribution >= 0.6 is 0 Å². The molecule has 0 aliphatic heterocycles. The van der Waals surface area contributed by atoms with Crippen LogP contribution in [-0.4, -0.2) is 19.0 Å². The van der Waals surface area contributed by atoms with Crippen LogP contribution < -0.4 is 0 Å². The molecule has 11 heavy (non-hydrogen) atoms. The Morgan fingerprint density at radius 1 is 1.36 bits per heavy atom. The van der Waals surface area contributed by atoms with Gasteiger partial charge in [-0.25, -0.2) is 0 Å². The molecule has 0 aliphatic carbocycles. The minimum absolute atomic E-state index is 0.820. The Hall–Kier alpha value is -0.460. The first-order valence-electron chi connectivity index (χ1n) is 4.36. The molecular formula is C10H21N. The van der Waals surface area contributed by atoms with Gasteiger partial charge in [0.1, 0.15) is 0 Å². The number of allylic oxidation sites excluding steroid dienone is 1. The van der Waals surface area contributed by atoms with Crippen LogP contribution in [-0.2, 0) is 0 Å². The monoisotopic (exact) mass is 155 g/mol. The third-order valence-corrected chi connectivity index (χ3v) is 1.59. The summed E-state index contributed by atoms with van der Waals surface area (Å²) < 4.78 is 0. The van der Waals surface area contributed by atoms with E-state index < -0.39 is 0 Å². The summed E-state index contributed by atoms with van der Waals surface area (Å²) in [4.78, 5) is 2.11. The molecule has 66 valence electrons. The Kier molecular flexibility index (Phi) is 5.01. The molecule has 0 amide bonds. The fourth-order valence-electron chi connectivity index (χ4n) is 1.02. The molecule has 1 heteroatoms. The molecule has 0 saturated heterocycles. The van der Waals surface area contributed by atoms with E-state index in [2.05, 4.69) is 46.0 Å². The van der Waals surface area contributed by atoms with E-state index in [0.717, 1.165) is 5.92 Å². The quantitative estimate of drug-likeness (QED) is 0.603. The normalized spacial score (nSPS) is 12.4. The van der Waals surface area contributed by atoms with Gasteiger partial charge >= 0.3 is 0 Å². The van der Waals surface area contributed by atoms with Gasteiger partial charge in [0.2, 0.25) is 0 Å². The highest BCUT2D eigenvalue weighted by atomic mass is 15.0. The minimum Gasteiger partial charge on any atom is -0.384 e. The maximum absolute atomic E-state index is 2.27. The molecule has 0 radical (unpaired) electrons. The maximum Gasteiger partial charge on any atom is 0.00556 e. The SMILES string of the molecule is CC(=CN(C)C)CCC(C)C. The van der Waals surface area contributed by atoms with Crippen molar-refractivity contribution < 1.29 is 0 Å². The fourth-order valence-corrected chi connectivity index (χ4v) is 1.02. The third-order valence-electron chi connectivity index (χ3n) is 1.59. The molecule has 0 aromatic rings. The first-order valence-corrected chi connectivity index (χ1v) is 4.36. The lowest BCUT2D eigenvalue weighted by molar-refractivity contribution is 0.540. The first kappa shape index (κ1) is 10.5. The van der Waals surface area contributed by atoms with Crippen molar-refractivity contribution in [3.8, 4) is 0 Å². The molecule has 0 rings (SSSR count). The van der Waals surface area contributed by atoms with Crippen LogP contribution in [0.3, 0.4) is 0 Å². The van der Waals surface area contributed by atoms with E-state index in [9.17, 15) is 0 Å².